The molecule has 2 rings (SSSR count). The topological polar surface area (TPSA) is 75.1 Å². The highest BCUT2D eigenvalue weighted by Crippen LogP contribution is 2.24. The first kappa shape index (κ1) is 14.0. The van der Waals surface area contributed by atoms with Crippen molar-refractivity contribution >= 4 is 11.9 Å². The molecule has 2 aromatic rings. The van der Waals surface area contributed by atoms with E-state index >= 15 is 0 Å². The van der Waals surface area contributed by atoms with Crippen LogP contribution in [0.2, 0.25) is 0 Å². The number of anilines is 1. The van der Waals surface area contributed by atoms with E-state index in [9.17, 15) is 4.79 Å². The average molecular weight is 271 g/mol. The van der Waals surface area contributed by atoms with Gasteiger partial charge in [-0.25, -0.2) is 9.97 Å². The molecule has 0 atom stereocenters. The summed E-state index contributed by atoms with van der Waals surface area (Å²) in [6.07, 6.45) is 0. The van der Waals surface area contributed by atoms with Crippen molar-refractivity contribution in [2.45, 2.75) is 20.8 Å². The van der Waals surface area contributed by atoms with Gasteiger partial charge in [0.05, 0.1) is 5.69 Å². The molecular weight excluding hydrogens is 254 g/mol. The first-order valence-electron chi connectivity index (χ1n) is 6.34. The maximum absolute atomic E-state index is 10.6. The molecule has 0 aliphatic rings. The zero-order valence-electron chi connectivity index (χ0n) is 11.8. The van der Waals surface area contributed by atoms with Gasteiger partial charge in [-0.2, -0.15) is 0 Å². The second-order valence-corrected chi connectivity index (χ2v) is 4.78. The number of hydrogen-bond acceptors (Lipinski definition) is 4. The summed E-state index contributed by atoms with van der Waals surface area (Å²) in [7, 11) is 0. The van der Waals surface area contributed by atoms with Gasteiger partial charge in [-0.1, -0.05) is 17.7 Å². The van der Waals surface area contributed by atoms with Crippen LogP contribution < -0.4 is 5.32 Å². The third-order valence-electron chi connectivity index (χ3n) is 2.92. The zero-order chi connectivity index (χ0) is 14.7. The van der Waals surface area contributed by atoms with E-state index in [4.69, 9.17) is 5.11 Å². The first-order chi connectivity index (χ1) is 9.45. The number of carbonyl (C=O) groups is 1. The Hall–Kier alpha value is -2.43. The summed E-state index contributed by atoms with van der Waals surface area (Å²) in [6, 6.07) is 8.06. The standard InChI is InChI=1S/C15H17N3O2/c1-9-4-5-10(2)12(6-9)13-7-11(3)17-15(18-13)16-8-14(19)20/h4-7H,8H2,1-3H3,(H,19,20)(H,16,17,18). The molecule has 1 aromatic carbocycles. The number of aromatic nitrogens is 2. The minimum atomic E-state index is -0.941. The highest BCUT2D eigenvalue weighted by atomic mass is 16.4. The molecule has 0 spiro atoms. The van der Waals surface area contributed by atoms with E-state index in [2.05, 4.69) is 27.4 Å². The van der Waals surface area contributed by atoms with Gasteiger partial charge >= 0.3 is 5.97 Å². The molecule has 0 aliphatic heterocycles. The first-order valence-corrected chi connectivity index (χ1v) is 6.34. The molecule has 5 nitrogen and oxygen atoms in total. The Morgan fingerprint density at radius 1 is 1.20 bits per heavy atom. The normalized spacial score (nSPS) is 10.3. The van der Waals surface area contributed by atoms with Crippen LogP contribution in [0.15, 0.2) is 24.3 Å². The molecule has 1 heterocycles. The average Bonchev–Trinajstić information content (AvgIpc) is 2.38. The summed E-state index contributed by atoms with van der Waals surface area (Å²) in [5.74, 6) is -0.605. The van der Waals surface area contributed by atoms with Crippen LogP contribution in [0.1, 0.15) is 16.8 Å². The number of benzene rings is 1. The molecule has 0 radical (unpaired) electrons. The van der Waals surface area contributed by atoms with E-state index in [0.717, 1.165) is 28.1 Å². The lowest BCUT2D eigenvalue weighted by atomic mass is 10.0. The lowest BCUT2D eigenvalue weighted by Gasteiger charge is -2.10. The Morgan fingerprint density at radius 2 is 1.95 bits per heavy atom. The number of aryl methyl sites for hydroxylation is 3. The van der Waals surface area contributed by atoms with Crippen molar-refractivity contribution in [1.82, 2.24) is 9.97 Å². The Morgan fingerprint density at radius 3 is 2.65 bits per heavy atom. The number of hydrogen-bond donors (Lipinski definition) is 2. The lowest BCUT2D eigenvalue weighted by molar-refractivity contribution is -0.134. The maximum Gasteiger partial charge on any atom is 0.322 e. The van der Waals surface area contributed by atoms with Crippen LogP contribution in [0.25, 0.3) is 11.3 Å². The number of aliphatic carboxylic acids is 1. The van der Waals surface area contributed by atoms with Gasteiger partial charge in [0, 0.05) is 11.3 Å². The van der Waals surface area contributed by atoms with Crippen LogP contribution in [0, 0.1) is 20.8 Å². The zero-order valence-corrected chi connectivity index (χ0v) is 11.8. The number of carboxylic acids is 1. The van der Waals surface area contributed by atoms with Crippen LogP contribution in [-0.4, -0.2) is 27.6 Å². The predicted octanol–water partition coefficient (Wildman–Crippen LogP) is 2.57. The van der Waals surface area contributed by atoms with E-state index < -0.39 is 5.97 Å². The van der Waals surface area contributed by atoms with Crippen molar-refractivity contribution in [1.29, 1.82) is 0 Å². The largest absolute Gasteiger partial charge is 0.480 e. The smallest absolute Gasteiger partial charge is 0.322 e. The van der Waals surface area contributed by atoms with Crippen LogP contribution in [-0.2, 0) is 4.79 Å². The van der Waals surface area contributed by atoms with Crippen LogP contribution in [0.3, 0.4) is 0 Å². The fourth-order valence-corrected chi connectivity index (χ4v) is 1.95. The van der Waals surface area contributed by atoms with E-state index in [0.29, 0.717) is 5.95 Å². The second-order valence-electron chi connectivity index (χ2n) is 4.78. The quantitative estimate of drug-likeness (QED) is 0.894. The molecule has 0 unspecified atom stereocenters. The minimum absolute atomic E-state index is 0.199. The highest BCUT2D eigenvalue weighted by Gasteiger charge is 2.08. The minimum Gasteiger partial charge on any atom is -0.480 e. The van der Waals surface area contributed by atoms with E-state index in [-0.39, 0.29) is 6.54 Å². The molecule has 0 bridgehead atoms. The summed E-state index contributed by atoms with van der Waals surface area (Å²) in [5.41, 5.74) is 4.91. The predicted molar refractivity (Wildman–Crippen MR) is 77.8 cm³/mol. The number of carboxylic acid groups (broad SMARTS) is 1. The molecule has 2 N–H and O–H groups in total. The van der Waals surface area contributed by atoms with Gasteiger partial charge in [0.1, 0.15) is 6.54 Å². The summed E-state index contributed by atoms with van der Waals surface area (Å²) >= 11 is 0. The van der Waals surface area contributed by atoms with Crippen molar-refractivity contribution < 1.29 is 9.90 Å². The van der Waals surface area contributed by atoms with Crippen molar-refractivity contribution in [3.8, 4) is 11.3 Å². The van der Waals surface area contributed by atoms with Gasteiger partial charge < -0.3 is 10.4 Å². The van der Waals surface area contributed by atoms with E-state index in [1.54, 1.807) is 0 Å². The Labute approximate surface area is 117 Å². The Kier molecular flexibility index (Phi) is 3.98. The summed E-state index contributed by atoms with van der Waals surface area (Å²) in [5, 5.41) is 11.4. The van der Waals surface area contributed by atoms with Crippen molar-refractivity contribution in [2.24, 2.45) is 0 Å². The second kappa shape index (κ2) is 5.69. The van der Waals surface area contributed by atoms with Crippen molar-refractivity contribution in [2.75, 3.05) is 11.9 Å². The molecule has 0 aliphatic carbocycles. The monoisotopic (exact) mass is 271 g/mol. The Bertz CT molecular complexity index is 654. The van der Waals surface area contributed by atoms with Gasteiger partial charge in [0.2, 0.25) is 5.95 Å². The Balaban J connectivity index is 2.41. The van der Waals surface area contributed by atoms with E-state index in [1.165, 1.54) is 0 Å². The maximum atomic E-state index is 10.6. The molecule has 0 saturated heterocycles. The molecule has 0 saturated carbocycles. The fraction of sp³-hybridized carbons (Fsp3) is 0.267. The molecule has 20 heavy (non-hydrogen) atoms. The molecule has 1 aromatic heterocycles. The molecule has 104 valence electrons. The molecule has 0 fully saturated rings. The SMILES string of the molecule is Cc1ccc(C)c(-c2cc(C)nc(NCC(=O)O)n2)c1. The van der Waals surface area contributed by atoms with Crippen molar-refractivity contribution in [3.05, 3.63) is 41.1 Å². The number of nitrogens with one attached hydrogen (secondary N) is 1. The number of rotatable bonds is 4. The fourth-order valence-electron chi connectivity index (χ4n) is 1.95. The third kappa shape index (κ3) is 3.32. The van der Waals surface area contributed by atoms with Gasteiger partial charge in [0.25, 0.3) is 0 Å². The van der Waals surface area contributed by atoms with Crippen LogP contribution in [0.4, 0.5) is 5.95 Å². The lowest BCUT2D eigenvalue weighted by Crippen LogP contribution is -2.14. The summed E-state index contributed by atoms with van der Waals surface area (Å²) < 4.78 is 0. The van der Waals surface area contributed by atoms with Crippen LogP contribution >= 0.6 is 0 Å². The molecular formula is C15H17N3O2. The molecule has 0 amide bonds. The van der Waals surface area contributed by atoms with Gasteiger partial charge in [0.15, 0.2) is 0 Å². The van der Waals surface area contributed by atoms with Gasteiger partial charge in [-0.15, -0.1) is 0 Å². The summed E-state index contributed by atoms with van der Waals surface area (Å²) in [6.45, 7) is 5.72. The van der Waals surface area contributed by atoms with Crippen LogP contribution in [0.5, 0.6) is 0 Å². The summed E-state index contributed by atoms with van der Waals surface area (Å²) in [4.78, 5) is 19.2. The third-order valence-corrected chi connectivity index (χ3v) is 2.92. The number of nitrogens with zero attached hydrogens (tertiary/aromatic N) is 2. The van der Waals surface area contributed by atoms with Crippen molar-refractivity contribution in [3.63, 3.8) is 0 Å². The molecule has 5 heteroatoms. The van der Waals surface area contributed by atoms with E-state index in [1.807, 2.05) is 32.9 Å². The highest BCUT2D eigenvalue weighted by molar-refractivity contribution is 5.72. The van der Waals surface area contributed by atoms with Gasteiger partial charge in [-0.05, 0) is 38.5 Å². The van der Waals surface area contributed by atoms with Gasteiger partial charge in [-0.3, -0.25) is 4.79 Å².